The molecule has 0 unspecified atom stereocenters. The van der Waals surface area contributed by atoms with Gasteiger partial charge in [-0.25, -0.2) is 0 Å². The molecule has 0 saturated carbocycles. The highest BCUT2D eigenvalue weighted by Crippen LogP contribution is 2.34. The third-order valence-electron chi connectivity index (χ3n) is 4.68. The van der Waals surface area contributed by atoms with Gasteiger partial charge in [-0.15, -0.1) is 0 Å². The molecule has 1 aliphatic rings. The van der Waals surface area contributed by atoms with Crippen molar-refractivity contribution in [3.05, 3.63) is 70.5 Å². The average molecular weight is 410 g/mol. The summed E-state index contributed by atoms with van der Waals surface area (Å²) in [5.41, 5.74) is 10.5. The molecule has 0 saturated heterocycles. The number of hydrogen-bond donors (Lipinski definition) is 3. The van der Waals surface area contributed by atoms with Crippen LogP contribution in [0.2, 0.25) is 0 Å². The molecule has 0 spiro atoms. The van der Waals surface area contributed by atoms with Gasteiger partial charge in [0.15, 0.2) is 0 Å². The number of hydrogen-bond acceptors (Lipinski definition) is 2. The second-order valence-corrected chi connectivity index (χ2v) is 7.40. The third-order valence-corrected chi connectivity index (χ3v) is 5.17. The van der Waals surface area contributed by atoms with Crippen LogP contribution in [0.4, 0.5) is 0 Å². The highest BCUT2D eigenvalue weighted by atomic mass is 79.9. The molecule has 2 aromatic carbocycles. The van der Waals surface area contributed by atoms with Crippen molar-refractivity contribution in [3.63, 3.8) is 0 Å². The average Bonchev–Trinajstić information content (AvgIpc) is 3.06. The Bertz CT molecular complexity index is 976. The van der Waals surface area contributed by atoms with Crippen molar-refractivity contribution in [2.75, 3.05) is 0 Å². The van der Waals surface area contributed by atoms with E-state index in [1.807, 2.05) is 48.5 Å². The first-order valence-corrected chi connectivity index (χ1v) is 9.64. The number of carbonyl (C=O) groups excluding carboxylic acids is 1. The molecule has 0 bridgehead atoms. The van der Waals surface area contributed by atoms with Crippen LogP contribution in [0.1, 0.15) is 36.2 Å². The van der Waals surface area contributed by atoms with Crippen molar-refractivity contribution >= 4 is 32.7 Å². The van der Waals surface area contributed by atoms with Gasteiger partial charge >= 0.3 is 0 Å². The van der Waals surface area contributed by atoms with E-state index in [1.54, 1.807) is 0 Å². The molecular weight excluding hydrogens is 390 g/mol. The van der Waals surface area contributed by atoms with E-state index in [0.29, 0.717) is 5.69 Å². The molecule has 0 aliphatic heterocycles. The molecule has 1 aliphatic carbocycles. The van der Waals surface area contributed by atoms with E-state index in [1.165, 1.54) is 6.42 Å². The standard InChI is InChI=1S/C21H20BrN3O/c22-15-11-12-18-17(13-15)19(14-7-3-1-4-8-14)20(23-18)21(26)25-24-16-9-5-2-6-10-16/h1,3-4,7-9,11-13,23-24H,2,5-6,10H2,(H,25,26). The number of rotatable bonds is 4. The molecule has 26 heavy (non-hydrogen) atoms. The number of aromatic nitrogens is 1. The molecule has 132 valence electrons. The fourth-order valence-electron chi connectivity index (χ4n) is 3.39. The van der Waals surface area contributed by atoms with Gasteiger partial charge in [0, 0.05) is 26.6 Å². The Hall–Kier alpha value is -2.53. The largest absolute Gasteiger partial charge is 0.350 e. The number of nitrogens with one attached hydrogen (secondary N) is 3. The van der Waals surface area contributed by atoms with Gasteiger partial charge in [0.1, 0.15) is 5.69 Å². The smallest absolute Gasteiger partial charge is 0.286 e. The Kier molecular flexibility index (Phi) is 4.80. The van der Waals surface area contributed by atoms with Gasteiger partial charge in [-0.05, 0) is 49.4 Å². The monoisotopic (exact) mass is 409 g/mol. The Balaban J connectivity index is 1.71. The summed E-state index contributed by atoms with van der Waals surface area (Å²) in [6.07, 6.45) is 6.57. The highest BCUT2D eigenvalue weighted by Gasteiger charge is 2.19. The normalized spacial score (nSPS) is 14.1. The van der Waals surface area contributed by atoms with Crippen LogP contribution < -0.4 is 10.9 Å². The SMILES string of the molecule is O=C(NNC1=CCCCC1)c1[nH]c2ccc(Br)cc2c1-c1ccccc1. The van der Waals surface area contributed by atoms with Crippen LogP contribution >= 0.6 is 15.9 Å². The molecule has 0 radical (unpaired) electrons. The molecule has 1 aromatic heterocycles. The van der Waals surface area contributed by atoms with Crippen LogP contribution in [0, 0.1) is 0 Å². The summed E-state index contributed by atoms with van der Waals surface area (Å²) in [4.78, 5) is 16.2. The lowest BCUT2D eigenvalue weighted by atomic mass is 10.0. The number of benzene rings is 2. The van der Waals surface area contributed by atoms with Crippen LogP contribution in [0.5, 0.6) is 0 Å². The number of H-pyrrole nitrogens is 1. The first-order chi connectivity index (χ1) is 12.7. The Labute approximate surface area is 160 Å². The molecule has 1 amide bonds. The van der Waals surface area contributed by atoms with Crippen molar-refractivity contribution in [1.29, 1.82) is 0 Å². The fraction of sp³-hybridized carbons (Fsp3) is 0.190. The highest BCUT2D eigenvalue weighted by molar-refractivity contribution is 9.10. The van der Waals surface area contributed by atoms with Gasteiger partial charge in [-0.1, -0.05) is 52.3 Å². The van der Waals surface area contributed by atoms with E-state index in [2.05, 4.69) is 37.8 Å². The molecule has 4 rings (SSSR count). The van der Waals surface area contributed by atoms with E-state index in [0.717, 1.165) is 51.5 Å². The zero-order chi connectivity index (χ0) is 17.9. The van der Waals surface area contributed by atoms with Crippen LogP contribution in [0.3, 0.4) is 0 Å². The minimum absolute atomic E-state index is 0.164. The van der Waals surface area contributed by atoms with E-state index >= 15 is 0 Å². The summed E-state index contributed by atoms with van der Waals surface area (Å²) in [5.74, 6) is -0.164. The number of amides is 1. The third kappa shape index (κ3) is 3.40. The summed E-state index contributed by atoms with van der Waals surface area (Å²) < 4.78 is 0.985. The number of allylic oxidation sites excluding steroid dienone is 2. The van der Waals surface area contributed by atoms with Gasteiger partial charge in [-0.3, -0.25) is 10.2 Å². The number of aromatic amines is 1. The van der Waals surface area contributed by atoms with E-state index in [-0.39, 0.29) is 5.91 Å². The molecule has 1 heterocycles. The fourth-order valence-corrected chi connectivity index (χ4v) is 3.75. The van der Waals surface area contributed by atoms with E-state index in [9.17, 15) is 4.79 Å². The lowest BCUT2D eigenvalue weighted by molar-refractivity contribution is 0.0934. The Morgan fingerprint density at radius 2 is 1.92 bits per heavy atom. The maximum atomic E-state index is 12.9. The molecule has 4 nitrogen and oxygen atoms in total. The Morgan fingerprint density at radius 1 is 1.08 bits per heavy atom. The minimum atomic E-state index is -0.164. The van der Waals surface area contributed by atoms with E-state index < -0.39 is 0 Å². The summed E-state index contributed by atoms with van der Waals surface area (Å²) in [6.45, 7) is 0. The van der Waals surface area contributed by atoms with E-state index in [4.69, 9.17) is 0 Å². The molecule has 5 heteroatoms. The predicted molar refractivity (Wildman–Crippen MR) is 109 cm³/mol. The van der Waals surface area contributed by atoms with Crippen molar-refractivity contribution in [1.82, 2.24) is 15.8 Å². The van der Waals surface area contributed by atoms with Gasteiger partial charge in [0.2, 0.25) is 0 Å². The van der Waals surface area contributed by atoms with Crippen molar-refractivity contribution in [2.24, 2.45) is 0 Å². The summed E-state index contributed by atoms with van der Waals surface area (Å²) in [5, 5.41) is 1.02. The second-order valence-electron chi connectivity index (χ2n) is 6.49. The second kappa shape index (κ2) is 7.38. The molecule has 3 N–H and O–H groups in total. The first kappa shape index (κ1) is 16.9. The van der Waals surface area contributed by atoms with Gasteiger partial charge in [0.05, 0.1) is 0 Å². The zero-order valence-electron chi connectivity index (χ0n) is 14.3. The van der Waals surface area contributed by atoms with Gasteiger partial charge in [-0.2, -0.15) is 0 Å². The lowest BCUT2D eigenvalue weighted by Crippen LogP contribution is -2.37. The number of halogens is 1. The number of carbonyl (C=O) groups is 1. The topological polar surface area (TPSA) is 56.9 Å². The molecule has 3 aromatic rings. The summed E-state index contributed by atoms with van der Waals surface area (Å²) in [6, 6.07) is 16.0. The maximum absolute atomic E-state index is 12.9. The first-order valence-electron chi connectivity index (χ1n) is 8.84. The quantitative estimate of drug-likeness (QED) is 0.512. The van der Waals surface area contributed by atoms with Gasteiger partial charge < -0.3 is 10.4 Å². The molecule has 0 fully saturated rings. The Morgan fingerprint density at radius 3 is 2.69 bits per heavy atom. The summed E-state index contributed by atoms with van der Waals surface area (Å²) in [7, 11) is 0. The van der Waals surface area contributed by atoms with Crippen LogP contribution in [0.15, 0.2) is 64.8 Å². The van der Waals surface area contributed by atoms with Crippen molar-refractivity contribution in [3.8, 4) is 11.1 Å². The van der Waals surface area contributed by atoms with Crippen LogP contribution in [-0.2, 0) is 0 Å². The van der Waals surface area contributed by atoms with Crippen molar-refractivity contribution in [2.45, 2.75) is 25.7 Å². The maximum Gasteiger partial charge on any atom is 0.286 e. The van der Waals surface area contributed by atoms with Crippen molar-refractivity contribution < 1.29 is 4.79 Å². The predicted octanol–water partition coefficient (Wildman–Crippen LogP) is 5.29. The summed E-state index contributed by atoms with van der Waals surface area (Å²) >= 11 is 3.53. The lowest BCUT2D eigenvalue weighted by Gasteiger charge is -2.15. The zero-order valence-corrected chi connectivity index (χ0v) is 15.9. The number of fused-ring (bicyclic) bond motifs is 1. The molecular formula is C21H20BrN3O. The van der Waals surface area contributed by atoms with Gasteiger partial charge in [0.25, 0.3) is 5.91 Å². The molecule has 0 atom stereocenters. The van der Waals surface area contributed by atoms with Crippen LogP contribution in [0.25, 0.3) is 22.0 Å². The van der Waals surface area contributed by atoms with Crippen LogP contribution in [-0.4, -0.2) is 10.9 Å². The minimum Gasteiger partial charge on any atom is -0.350 e. The number of hydrazine groups is 1.